The number of nitrogens with zero attached hydrogens (tertiary/aromatic N) is 3. The summed E-state index contributed by atoms with van der Waals surface area (Å²) in [5.74, 6) is 1.33. The number of hydrogen-bond donors (Lipinski definition) is 2. The van der Waals surface area contributed by atoms with E-state index in [0.29, 0.717) is 39.9 Å². The summed E-state index contributed by atoms with van der Waals surface area (Å²) < 4.78 is 7.59. The number of hydrogen-bond acceptors (Lipinski definition) is 5. The molecule has 2 aromatic carbocycles. The molecule has 4 aromatic rings. The summed E-state index contributed by atoms with van der Waals surface area (Å²) >= 11 is 12.2. The Kier molecular flexibility index (Phi) is 4.51. The molecule has 0 aliphatic carbocycles. The summed E-state index contributed by atoms with van der Waals surface area (Å²) in [6, 6.07) is 14.4. The smallest absolute Gasteiger partial charge is 0.219 e. The minimum atomic E-state index is 0.411. The molecular formula is C19H15Cl2N5O. The SMILES string of the molecule is Nc1ccc2nc(N)n(Cc3ccc(Oc4ccc(Cl)cn4)c(Cl)c3)c2c1. The van der Waals surface area contributed by atoms with Crippen LogP contribution < -0.4 is 16.2 Å². The Hall–Kier alpha value is -2.96. The van der Waals surface area contributed by atoms with Crippen molar-refractivity contribution in [3.05, 3.63) is 70.3 Å². The number of ether oxygens (including phenoxy) is 1. The number of halogens is 2. The molecular weight excluding hydrogens is 385 g/mol. The lowest BCUT2D eigenvalue weighted by atomic mass is 10.2. The standard InChI is InChI=1S/C19H15Cl2N5O/c20-12-2-6-18(24-9-12)27-17-5-1-11(7-14(17)21)10-26-16-8-13(22)3-4-15(16)25-19(26)23/h1-9H,10,22H2,(H2,23,25). The van der Waals surface area contributed by atoms with Gasteiger partial charge in [-0.05, 0) is 42.0 Å². The van der Waals surface area contributed by atoms with E-state index in [1.165, 1.54) is 6.20 Å². The van der Waals surface area contributed by atoms with Gasteiger partial charge in [0.25, 0.3) is 0 Å². The van der Waals surface area contributed by atoms with Gasteiger partial charge in [0.05, 0.1) is 27.6 Å². The summed E-state index contributed by atoms with van der Waals surface area (Å²) in [5, 5.41) is 1.00. The first kappa shape index (κ1) is 17.5. The Morgan fingerprint density at radius 3 is 2.59 bits per heavy atom. The van der Waals surface area contributed by atoms with Crippen LogP contribution in [0.2, 0.25) is 10.0 Å². The Morgan fingerprint density at radius 2 is 1.85 bits per heavy atom. The van der Waals surface area contributed by atoms with Gasteiger partial charge in [-0.2, -0.15) is 0 Å². The maximum atomic E-state index is 6.38. The molecule has 4 rings (SSSR count). The van der Waals surface area contributed by atoms with E-state index in [0.717, 1.165) is 16.6 Å². The summed E-state index contributed by atoms with van der Waals surface area (Å²) in [4.78, 5) is 8.46. The molecule has 27 heavy (non-hydrogen) atoms. The first-order chi connectivity index (χ1) is 13.0. The predicted molar refractivity (Wildman–Crippen MR) is 108 cm³/mol. The van der Waals surface area contributed by atoms with Crippen LogP contribution in [0.1, 0.15) is 5.56 Å². The Morgan fingerprint density at radius 1 is 1.00 bits per heavy atom. The molecule has 0 fully saturated rings. The van der Waals surface area contributed by atoms with Gasteiger partial charge >= 0.3 is 0 Å². The highest BCUT2D eigenvalue weighted by molar-refractivity contribution is 6.32. The van der Waals surface area contributed by atoms with Crippen LogP contribution in [0.4, 0.5) is 11.6 Å². The van der Waals surface area contributed by atoms with Gasteiger partial charge in [0.15, 0.2) is 0 Å². The maximum Gasteiger partial charge on any atom is 0.219 e. The molecule has 0 aliphatic rings. The fraction of sp³-hybridized carbons (Fsp3) is 0.0526. The van der Waals surface area contributed by atoms with Crippen molar-refractivity contribution in [1.82, 2.24) is 14.5 Å². The summed E-state index contributed by atoms with van der Waals surface area (Å²) in [5.41, 5.74) is 15.2. The fourth-order valence-electron chi connectivity index (χ4n) is 2.77. The van der Waals surface area contributed by atoms with Crippen molar-refractivity contribution in [2.24, 2.45) is 0 Å². The minimum Gasteiger partial charge on any atom is -0.437 e. The van der Waals surface area contributed by atoms with E-state index in [-0.39, 0.29) is 0 Å². The topological polar surface area (TPSA) is 92.0 Å². The van der Waals surface area contributed by atoms with Gasteiger partial charge in [-0.15, -0.1) is 0 Å². The second-order valence-electron chi connectivity index (χ2n) is 5.99. The number of rotatable bonds is 4. The molecule has 2 heterocycles. The van der Waals surface area contributed by atoms with Crippen LogP contribution in [0.5, 0.6) is 11.6 Å². The normalized spacial score (nSPS) is 11.0. The largest absolute Gasteiger partial charge is 0.437 e. The number of pyridine rings is 1. The van der Waals surface area contributed by atoms with Crippen LogP contribution in [-0.2, 0) is 6.54 Å². The molecule has 0 saturated heterocycles. The van der Waals surface area contributed by atoms with Crippen LogP contribution in [0.15, 0.2) is 54.7 Å². The quantitative estimate of drug-likeness (QED) is 0.483. The molecule has 2 aromatic heterocycles. The second-order valence-corrected chi connectivity index (χ2v) is 6.83. The van der Waals surface area contributed by atoms with Crippen molar-refractivity contribution < 1.29 is 4.74 Å². The lowest BCUT2D eigenvalue weighted by molar-refractivity contribution is 0.463. The first-order valence-corrected chi connectivity index (χ1v) is 8.84. The highest BCUT2D eigenvalue weighted by atomic mass is 35.5. The van der Waals surface area contributed by atoms with Crippen LogP contribution in [0, 0.1) is 0 Å². The van der Waals surface area contributed by atoms with E-state index in [9.17, 15) is 0 Å². The molecule has 4 N–H and O–H groups in total. The van der Waals surface area contributed by atoms with Gasteiger partial charge in [-0.3, -0.25) is 0 Å². The van der Waals surface area contributed by atoms with Crippen LogP contribution in [-0.4, -0.2) is 14.5 Å². The highest BCUT2D eigenvalue weighted by Crippen LogP contribution is 2.30. The van der Waals surface area contributed by atoms with Gasteiger partial charge in [-0.25, -0.2) is 9.97 Å². The third-order valence-electron chi connectivity index (χ3n) is 4.05. The molecule has 8 heteroatoms. The van der Waals surface area contributed by atoms with Crippen molar-refractivity contribution in [3.63, 3.8) is 0 Å². The van der Waals surface area contributed by atoms with E-state index < -0.39 is 0 Å². The number of aromatic nitrogens is 3. The Labute approximate surface area is 165 Å². The number of fused-ring (bicyclic) bond motifs is 1. The predicted octanol–water partition coefficient (Wildman–Crippen LogP) is 4.74. The monoisotopic (exact) mass is 399 g/mol. The third-order valence-corrected chi connectivity index (χ3v) is 4.57. The molecule has 0 spiro atoms. The summed E-state index contributed by atoms with van der Waals surface area (Å²) in [7, 11) is 0. The minimum absolute atomic E-state index is 0.411. The average molecular weight is 400 g/mol. The van der Waals surface area contributed by atoms with Crippen molar-refractivity contribution >= 4 is 45.9 Å². The number of imidazole rings is 1. The van der Waals surface area contributed by atoms with E-state index in [1.54, 1.807) is 24.3 Å². The van der Waals surface area contributed by atoms with Crippen molar-refractivity contribution in [1.29, 1.82) is 0 Å². The molecule has 0 atom stereocenters. The van der Waals surface area contributed by atoms with Crippen molar-refractivity contribution in [2.75, 3.05) is 11.5 Å². The molecule has 0 amide bonds. The fourth-order valence-corrected chi connectivity index (χ4v) is 3.12. The second kappa shape index (κ2) is 6.98. The maximum absolute atomic E-state index is 6.38. The molecule has 0 saturated carbocycles. The van der Waals surface area contributed by atoms with Crippen molar-refractivity contribution in [2.45, 2.75) is 6.54 Å². The van der Waals surface area contributed by atoms with E-state index in [1.807, 2.05) is 28.8 Å². The molecule has 0 radical (unpaired) electrons. The van der Waals surface area contributed by atoms with Crippen molar-refractivity contribution in [3.8, 4) is 11.6 Å². The van der Waals surface area contributed by atoms with Crippen LogP contribution in [0.25, 0.3) is 11.0 Å². The molecule has 136 valence electrons. The van der Waals surface area contributed by atoms with Gasteiger partial charge in [0.2, 0.25) is 11.8 Å². The Balaban J connectivity index is 1.61. The highest BCUT2D eigenvalue weighted by Gasteiger charge is 2.11. The van der Waals surface area contributed by atoms with Gasteiger partial charge < -0.3 is 20.8 Å². The molecule has 6 nitrogen and oxygen atoms in total. The van der Waals surface area contributed by atoms with Gasteiger partial charge in [0, 0.05) is 18.0 Å². The zero-order valence-corrected chi connectivity index (χ0v) is 15.6. The zero-order chi connectivity index (χ0) is 19.0. The zero-order valence-electron chi connectivity index (χ0n) is 14.1. The average Bonchev–Trinajstić information content (AvgIpc) is 2.94. The Bertz CT molecular complexity index is 1130. The summed E-state index contributed by atoms with van der Waals surface area (Å²) in [6.45, 7) is 0.505. The van der Waals surface area contributed by atoms with Crippen LogP contribution in [0.3, 0.4) is 0 Å². The lowest BCUT2D eigenvalue weighted by Crippen LogP contribution is -2.05. The number of anilines is 2. The number of nitrogens with two attached hydrogens (primary N) is 2. The summed E-state index contributed by atoms with van der Waals surface area (Å²) in [6.07, 6.45) is 1.51. The molecule has 0 unspecified atom stereocenters. The number of benzene rings is 2. The molecule has 0 bridgehead atoms. The lowest BCUT2D eigenvalue weighted by Gasteiger charge is -2.10. The van der Waals surface area contributed by atoms with Gasteiger partial charge in [-0.1, -0.05) is 29.3 Å². The van der Waals surface area contributed by atoms with E-state index >= 15 is 0 Å². The first-order valence-electron chi connectivity index (χ1n) is 8.09. The van der Waals surface area contributed by atoms with Gasteiger partial charge in [0.1, 0.15) is 5.75 Å². The number of nitrogen functional groups attached to an aromatic ring is 2. The molecule has 0 aliphatic heterocycles. The third kappa shape index (κ3) is 3.63. The van der Waals surface area contributed by atoms with E-state index in [2.05, 4.69) is 9.97 Å². The van der Waals surface area contributed by atoms with Crippen LogP contribution >= 0.6 is 23.2 Å². The van der Waals surface area contributed by atoms with E-state index in [4.69, 9.17) is 39.4 Å².